The maximum absolute atomic E-state index is 12.8. The fourth-order valence-corrected chi connectivity index (χ4v) is 3.47. The van der Waals surface area contributed by atoms with E-state index in [1.165, 1.54) is 0 Å². The number of carbonyl (C=O) groups excluding carboxylic acids is 2. The van der Waals surface area contributed by atoms with Crippen LogP contribution in [0.5, 0.6) is 5.75 Å². The van der Waals surface area contributed by atoms with Gasteiger partial charge in [-0.3, -0.25) is 19.1 Å². The molecule has 1 unspecified atom stereocenters. The van der Waals surface area contributed by atoms with Crippen LogP contribution in [0, 0.1) is 12.8 Å². The van der Waals surface area contributed by atoms with Gasteiger partial charge in [0.25, 0.3) is 0 Å². The topological polar surface area (TPSA) is 118 Å². The number of nitrogens with zero attached hydrogens (tertiary/aromatic N) is 2. The molecule has 0 aliphatic carbocycles. The molecule has 2 heterocycles. The Bertz CT molecular complexity index is 1170. The molecule has 0 bridgehead atoms. The first kappa shape index (κ1) is 19.4. The molecular weight excluding hydrogens is 388 g/mol. The van der Waals surface area contributed by atoms with Crippen molar-refractivity contribution in [3.63, 3.8) is 0 Å². The average molecular weight is 408 g/mol. The molecule has 1 atom stereocenters. The number of H-pyrrole nitrogens is 1. The normalized spacial score (nSPS) is 16.0. The number of ether oxygens (including phenoxy) is 1. The molecule has 1 fully saturated rings. The van der Waals surface area contributed by atoms with Crippen LogP contribution in [-0.4, -0.2) is 35.6 Å². The minimum atomic E-state index is -0.657. The highest BCUT2D eigenvalue weighted by atomic mass is 16.5. The monoisotopic (exact) mass is 408 g/mol. The van der Waals surface area contributed by atoms with E-state index in [9.17, 15) is 14.4 Å². The van der Waals surface area contributed by atoms with Crippen LogP contribution in [0.4, 0.5) is 11.4 Å². The molecule has 0 spiro atoms. The third-order valence-electron chi connectivity index (χ3n) is 4.96. The third-order valence-corrected chi connectivity index (χ3v) is 4.96. The summed E-state index contributed by atoms with van der Waals surface area (Å²) >= 11 is 0. The summed E-state index contributed by atoms with van der Waals surface area (Å²) in [4.78, 5) is 40.6. The number of aromatic amines is 1. The standard InChI is InChI=1S/C21H20N4O5/c1-12-6-7-17(29-2)16(8-12)25-11-14(10-18(25)26)20(27)22-15-5-3-4-13(9-15)19-23-21(28)30-24-19/h3-9,14H,10-11H2,1-2H3,(H,22,27)(H,23,24,28). The molecule has 3 aromatic rings. The molecule has 30 heavy (non-hydrogen) atoms. The van der Waals surface area contributed by atoms with Crippen molar-refractivity contribution in [1.82, 2.24) is 10.1 Å². The van der Waals surface area contributed by atoms with Gasteiger partial charge in [0.05, 0.1) is 18.7 Å². The highest BCUT2D eigenvalue weighted by molar-refractivity contribution is 6.04. The molecule has 1 saturated heterocycles. The number of rotatable bonds is 5. The van der Waals surface area contributed by atoms with Gasteiger partial charge in [0.2, 0.25) is 11.8 Å². The van der Waals surface area contributed by atoms with Crippen molar-refractivity contribution in [2.45, 2.75) is 13.3 Å². The smallest absolute Gasteiger partial charge is 0.439 e. The third kappa shape index (κ3) is 3.82. The predicted octanol–water partition coefficient (Wildman–Crippen LogP) is 2.34. The molecular formula is C21H20N4O5. The summed E-state index contributed by atoms with van der Waals surface area (Å²) < 4.78 is 9.89. The SMILES string of the molecule is COc1ccc(C)cc1N1CC(C(=O)Nc2cccc(-c3noc(=O)[nH]3)c2)CC1=O. The fourth-order valence-electron chi connectivity index (χ4n) is 3.47. The van der Waals surface area contributed by atoms with Crippen molar-refractivity contribution in [2.75, 3.05) is 23.9 Å². The molecule has 0 radical (unpaired) electrons. The Morgan fingerprint density at radius 1 is 1.27 bits per heavy atom. The van der Waals surface area contributed by atoms with Crippen LogP contribution >= 0.6 is 0 Å². The Hall–Kier alpha value is -3.88. The number of hydrogen-bond donors (Lipinski definition) is 2. The number of amides is 2. The Labute approximate surface area is 171 Å². The molecule has 4 rings (SSSR count). The maximum atomic E-state index is 12.8. The highest BCUT2D eigenvalue weighted by Gasteiger charge is 2.36. The van der Waals surface area contributed by atoms with E-state index < -0.39 is 11.7 Å². The van der Waals surface area contributed by atoms with Crippen LogP contribution in [0.1, 0.15) is 12.0 Å². The summed E-state index contributed by atoms with van der Waals surface area (Å²) in [7, 11) is 1.55. The largest absolute Gasteiger partial charge is 0.495 e. The molecule has 1 aromatic heterocycles. The van der Waals surface area contributed by atoms with Crippen molar-refractivity contribution >= 4 is 23.2 Å². The predicted molar refractivity (Wildman–Crippen MR) is 109 cm³/mol. The number of nitrogens with one attached hydrogen (secondary N) is 2. The second kappa shape index (κ2) is 7.86. The molecule has 2 aromatic carbocycles. The summed E-state index contributed by atoms with van der Waals surface area (Å²) in [6.45, 7) is 2.20. The van der Waals surface area contributed by atoms with Crippen LogP contribution in [-0.2, 0) is 9.59 Å². The minimum Gasteiger partial charge on any atom is -0.495 e. The maximum Gasteiger partial charge on any atom is 0.439 e. The van der Waals surface area contributed by atoms with Gasteiger partial charge in [-0.2, -0.15) is 0 Å². The summed E-state index contributed by atoms with van der Waals surface area (Å²) in [5.74, 6) is -0.695. The lowest BCUT2D eigenvalue weighted by Gasteiger charge is -2.20. The minimum absolute atomic E-state index is 0.110. The van der Waals surface area contributed by atoms with Crippen molar-refractivity contribution in [2.24, 2.45) is 5.92 Å². The number of anilines is 2. The first-order chi connectivity index (χ1) is 14.4. The lowest BCUT2D eigenvalue weighted by atomic mass is 10.1. The van der Waals surface area contributed by atoms with Gasteiger partial charge in [0.1, 0.15) is 5.75 Å². The van der Waals surface area contributed by atoms with E-state index in [0.717, 1.165) is 5.56 Å². The summed E-state index contributed by atoms with van der Waals surface area (Å²) in [5, 5.41) is 6.48. The second-order valence-electron chi connectivity index (χ2n) is 7.09. The van der Waals surface area contributed by atoms with Crippen LogP contribution in [0.3, 0.4) is 0 Å². The molecule has 2 amide bonds. The van der Waals surface area contributed by atoms with E-state index in [1.807, 2.05) is 25.1 Å². The van der Waals surface area contributed by atoms with Crippen molar-refractivity contribution in [3.8, 4) is 17.1 Å². The Kier molecular flexibility index (Phi) is 5.09. The molecule has 9 nitrogen and oxygen atoms in total. The van der Waals surface area contributed by atoms with Gasteiger partial charge >= 0.3 is 5.76 Å². The first-order valence-electron chi connectivity index (χ1n) is 9.37. The highest BCUT2D eigenvalue weighted by Crippen LogP contribution is 2.34. The Morgan fingerprint density at radius 2 is 2.10 bits per heavy atom. The quantitative estimate of drug-likeness (QED) is 0.669. The van der Waals surface area contributed by atoms with E-state index in [2.05, 4.69) is 20.0 Å². The van der Waals surface area contributed by atoms with Crippen LogP contribution < -0.4 is 20.7 Å². The molecule has 9 heteroatoms. The molecule has 2 N–H and O–H groups in total. The van der Waals surface area contributed by atoms with E-state index in [4.69, 9.17) is 4.74 Å². The van der Waals surface area contributed by atoms with Gasteiger partial charge in [-0.05, 0) is 36.8 Å². The molecule has 0 saturated carbocycles. The summed E-state index contributed by atoms with van der Waals surface area (Å²) in [6.07, 6.45) is 0.110. The number of benzene rings is 2. The zero-order valence-corrected chi connectivity index (χ0v) is 16.5. The Morgan fingerprint density at radius 3 is 2.83 bits per heavy atom. The number of hydrogen-bond acceptors (Lipinski definition) is 6. The van der Waals surface area contributed by atoms with E-state index in [-0.39, 0.29) is 30.6 Å². The molecule has 154 valence electrons. The van der Waals surface area contributed by atoms with Crippen molar-refractivity contribution in [1.29, 1.82) is 0 Å². The summed E-state index contributed by atoms with van der Waals surface area (Å²) in [5.41, 5.74) is 2.77. The number of aryl methyl sites for hydroxylation is 1. The van der Waals surface area contributed by atoms with Gasteiger partial charge in [-0.25, -0.2) is 4.79 Å². The number of methoxy groups -OCH3 is 1. The van der Waals surface area contributed by atoms with Gasteiger partial charge in [-0.15, -0.1) is 0 Å². The zero-order chi connectivity index (χ0) is 21.3. The van der Waals surface area contributed by atoms with Gasteiger partial charge in [-0.1, -0.05) is 23.4 Å². The van der Waals surface area contributed by atoms with Crippen molar-refractivity contribution in [3.05, 3.63) is 58.6 Å². The fraction of sp³-hybridized carbons (Fsp3) is 0.238. The van der Waals surface area contributed by atoms with Gasteiger partial charge in [0, 0.05) is 24.2 Å². The van der Waals surface area contributed by atoms with Crippen molar-refractivity contribution < 1.29 is 18.8 Å². The number of carbonyl (C=O) groups is 2. The lowest BCUT2D eigenvalue weighted by Crippen LogP contribution is -2.28. The van der Waals surface area contributed by atoms with Crippen LogP contribution in [0.25, 0.3) is 11.4 Å². The van der Waals surface area contributed by atoms with E-state index in [1.54, 1.807) is 36.3 Å². The van der Waals surface area contributed by atoms with Gasteiger partial charge in [0.15, 0.2) is 5.82 Å². The molecule has 1 aliphatic heterocycles. The summed E-state index contributed by atoms with van der Waals surface area (Å²) in [6, 6.07) is 12.4. The lowest BCUT2D eigenvalue weighted by molar-refractivity contribution is -0.122. The molecule has 1 aliphatic rings. The van der Waals surface area contributed by atoms with Crippen LogP contribution in [0.15, 0.2) is 51.8 Å². The average Bonchev–Trinajstić information content (AvgIpc) is 3.34. The second-order valence-corrected chi connectivity index (χ2v) is 7.09. The van der Waals surface area contributed by atoms with Crippen LogP contribution in [0.2, 0.25) is 0 Å². The zero-order valence-electron chi connectivity index (χ0n) is 16.5. The first-order valence-corrected chi connectivity index (χ1v) is 9.37. The van der Waals surface area contributed by atoms with E-state index in [0.29, 0.717) is 22.7 Å². The van der Waals surface area contributed by atoms with Gasteiger partial charge < -0.3 is 15.0 Å². The Balaban J connectivity index is 1.50. The van der Waals surface area contributed by atoms with E-state index >= 15 is 0 Å². The number of aromatic nitrogens is 2.